The van der Waals surface area contributed by atoms with Gasteiger partial charge in [-0.15, -0.1) is 11.3 Å². The van der Waals surface area contributed by atoms with Gasteiger partial charge in [-0.25, -0.2) is 9.07 Å². The van der Waals surface area contributed by atoms with E-state index in [2.05, 4.69) is 26.0 Å². The van der Waals surface area contributed by atoms with Gasteiger partial charge in [0.25, 0.3) is 0 Å². The Balaban J connectivity index is 2.11. The van der Waals surface area contributed by atoms with Crippen molar-refractivity contribution < 1.29 is 4.39 Å². The maximum Gasteiger partial charge on any atom is 0.205 e. The zero-order valence-electron chi connectivity index (χ0n) is 12.6. The fourth-order valence-electron chi connectivity index (χ4n) is 2.16. The van der Waals surface area contributed by atoms with Crippen molar-refractivity contribution in [2.24, 2.45) is 10.1 Å². The number of thiazole rings is 1. The maximum atomic E-state index is 13.9. The normalized spacial score (nSPS) is 12.2. The van der Waals surface area contributed by atoms with E-state index < -0.39 is 5.82 Å². The number of nitrogens with zero attached hydrogens (tertiary/aromatic N) is 3. The highest BCUT2D eigenvalue weighted by atomic mass is 79.9. The molecule has 1 heterocycles. The van der Waals surface area contributed by atoms with E-state index in [1.54, 1.807) is 23.9 Å². The minimum atomic E-state index is -0.416. The Kier molecular flexibility index (Phi) is 5.28. The van der Waals surface area contributed by atoms with E-state index in [0.29, 0.717) is 9.82 Å². The molecule has 0 aliphatic heterocycles. The van der Waals surface area contributed by atoms with Gasteiger partial charge in [0.1, 0.15) is 5.82 Å². The van der Waals surface area contributed by atoms with Crippen LogP contribution in [0.1, 0.15) is 5.56 Å². The van der Waals surface area contributed by atoms with E-state index in [0.717, 1.165) is 15.7 Å². The molecule has 3 nitrogen and oxygen atoms in total. The third-order valence-corrected chi connectivity index (χ3v) is 5.03. The molecule has 0 amide bonds. The number of benzene rings is 2. The van der Waals surface area contributed by atoms with E-state index in [1.165, 1.54) is 23.6 Å². The molecule has 0 unspecified atom stereocenters. The lowest BCUT2D eigenvalue weighted by Crippen LogP contribution is -2.11. The van der Waals surface area contributed by atoms with Gasteiger partial charge >= 0.3 is 0 Å². The Morgan fingerprint density at radius 1 is 1.25 bits per heavy atom. The largest absolute Gasteiger partial charge is 0.261 e. The smallest absolute Gasteiger partial charge is 0.205 e. The van der Waals surface area contributed by atoms with Crippen molar-refractivity contribution in [3.63, 3.8) is 0 Å². The topological polar surface area (TPSA) is 29.6 Å². The Morgan fingerprint density at radius 3 is 2.75 bits per heavy atom. The Bertz CT molecular complexity index is 958. The summed E-state index contributed by atoms with van der Waals surface area (Å²) in [4.78, 5) is 4.93. The minimum absolute atomic E-state index is 0.250. The Labute approximate surface area is 155 Å². The maximum absolute atomic E-state index is 13.9. The van der Waals surface area contributed by atoms with Crippen LogP contribution >= 0.6 is 38.9 Å². The minimum Gasteiger partial charge on any atom is -0.261 e. The highest BCUT2D eigenvalue weighted by Gasteiger charge is 2.09. The summed E-state index contributed by atoms with van der Waals surface area (Å²) in [6.07, 6.45) is 1.42. The lowest BCUT2D eigenvalue weighted by molar-refractivity contribution is 0.625. The Hall–Kier alpha value is -1.76. The van der Waals surface area contributed by atoms with Crippen molar-refractivity contribution in [1.82, 2.24) is 4.68 Å². The van der Waals surface area contributed by atoms with Gasteiger partial charge in [0, 0.05) is 28.0 Å². The molecule has 0 aliphatic carbocycles. The van der Waals surface area contributed by atoms with Gasteiger partial charge in [-0.2, -0.15) is 5.10 Å². The van der Waals surface area contributed by atoms with Gasteiger partial charge in [0.2, 0.25) is 4.80 Å². The molecule has 0 saturated heterocycles. The highest BCUT2D eigenvalue weighted by molar-refractivity contribution is 9.10. The van der Waals surface area contributed by atoms with Crippen LogP contribution in [0.4, 0.5) is 4.39 Å². The second-order valence-electron chi connectivity index (χ2n) is 4.83. The van der Waals surface area contributed by atoms with Crippen molar-refractivity contribution in [2.75, 3.05) is 7.05 Å². The van der Waals surface area contributed by atoms with Gasteiger partial charge in [0.05, 0.1) is 16.9 Å². The standard InChI is InChI=1S/C17H12BrClFN3S/c1-21-17-23(22-9-13-14(19)6-3-7-15(13)20)16(10-24-17)11-4-2-5-12(18)8-11/h2-10H,1H3/b21-17?,22-9+. The summed E-state index contributed by atoms with van der Waals surface area (Å²) in [5.74, 6) is -0.416. The molecule has 0 atom stereocenters. The summed E-state index contributed by atoms with van der Waals surface area (Å²) in [6.45, 7) is 0. The van der Waals surface area contributed by atoms with Crippen molar-refractivity contribution in [3.05, 3.63) is 73.5 Å². The molecule has 0 fully saturated rings. The molecule has 7 heteroatoms. The van der Waals surface area contributed by atoms with Crippen LogP contribution in [0, 0.1) is 5.82 Å². The quantitative estimate of drug-likeness (QED) is 0.518. The highest BCUT2D eigenvalue weighted by Crippen LogP contribution is 2.24. The van der Waals surface area contributed by atoms with Crippen LogP contribution in [-0.2, 0) is 0 Å². The number of aromatic nitrogens is 1. The molecule has 24 heavy (non-hydrogen) atoms. The van der Waals surface area contributed by atoms with Crippen LogP contribution in [0.15, 0.2) is 62.4 Å². The van der Waals surface area contributed by atoms with Crippen LogP contribution < -0.4 is 4.80 Å². The third-order valence-electron chi connectivity index (χ3n) is 3.30. The molecule has 2 aromatic carbocycles. The SMILES string of the molecule is CN=c1scc(-c2cccc(Br)c2)n1/N=C/c1c(F)cccc1Cl. The summed E-state index contributed by atoms with van der Waals surface area (Å²) < 4.78 is 16.6. The number of hydrogen-bond acceptors (Lipinski definition) is 3. The van der Waals surface area contributed by atoms with Crippen molar-refractivity contribution in [2.45, 2.75) is 0 Å². The van der Waals surface area contributed by atoms with Gasteiger partial charge in [0.15, 0.2) is 0 Å². The molecular weight excluding hydrogens is 413 g/mol. The molecule has 0 aliphatic rings. The molecule has 0 saturated carbocycles. The second kappa shape index (κ2) is 7.42. The van der Waals surface area contributed by atoms with E-state index >= 15 is 0 Å². The molecule has 3 rings (SSSR count). The summed E-state index contributed by atoms with van der Waals surface area (Å²) in [5, 5.41) is 6.68. The Morgan fingerprint density at radius 2 is 2.04 bits per heavy atom. The molecule has 0 N–H and O–H groups in total. The molecule has 0 spiro atoms. The third kappa shape index (κ3) is 3.50. The van der Waals surface area contributed by atoms with Gasteiger partial charge in [-0.05, 0) is 24.3 Å². The first-order valence-electron chi connectivity index (χ1n) is 6.98. The summed E-state index contributed by atoms with van der Waals surface area (Å²) in [5.41, 5.74) is 2.10. The van der Waals surface area contributed by atoms with Crippen LogP contribution in [0.5, 0.6) is 0 Å². The van der Waals surface area contributed by atoms with Gasteiger partial charge < -0.3 is 0 Å². The lowest BCUT2D eigenvalue weighted by Gasteiger charge is -2.05. The molecule has 0 bridgehead atoms. The van der Waals surface area contributed by atoms with E-state index in [1.807, 2.05) is 29.6 Å². The second-order valence-corrected chi connectivity index (χ2v) is 6.99. The molecular formula is C17H12BrClFN3S. The first-order chi connectivity index (χ1) is 11.6. The average Bonchev–Trinajstić information content (AvgIpc) is 2.97. The summed E-state index contributed by atoms with van der Waals surface area (Å²) in [6, 6.07) is 12.4. The molecule has 3 aromatic rings. The first-order valence-corrected chi connectivity index (χ1v) is 9.03. The van der Waals surface area contributed by atoms with Crippen molar-refractivity contribution in [3.8, 4) is 11.3 Å². The van der Waals surface area contributed by atoms with Crippen LogP contribution in [0.25, 0.3) is 11.3 Å². The number of rotatable bonds is 3. The van der Waals surface area contributed by atoms with Gasteiger partial charge in [-0.3, -0.25) is 4.99 Å². The lowest BCUT2D eigenvalue weighted by atomic mass is 10.2. The zero-order chi connectivity index (χ0) is 17.1. The summed E-state index contributed by atoms with van der Waals surface area (Å²) in [7, 11) is 1.69. The average molecular weight is 425 g/mol. The van der Waals surface area contributed by atoms with Gasteiger partial charge in [-0.1, -0.05) is 45.7 Å². The zero-order valence-corrected chi connectivity index (χ0v) is 15.7. The van der Waals surface area contributed by atoms with Crippen LogP contribution in [-0.4, -0.2) is 17.9 Å². The van der Waals surface area contributed by atoms with Crippen molar-refractivity contribution >= 4 is 45.1 Å². The molecule has 1 aromatic heterocycles. The van der Waals surface area contributed by atoms with Crippen LogP contribution in [0.2, 0.25) is 5.02 Å². The van der Waals surface area contributed by atoms with E-state index in [-0.39, 0.29) is 5.56 Å². The summed E-state index contributed by atoms with van der Waals surface area (Å²) >= 11 is 11.0. The number of hydrogen-bond donors (Lipinski definition) is 0. The monoisotopic (exact) mass is 423 g/mol. The number of halogens is 3. The fraction of sp³-hybridized carbons (Fsp3) is 0.0588. The predicted molar refractivity (Wildman–Crippen MR) is 101 cm³/mol. The molecule has 122 valence electrons. The first kappa shape index (κ1) is 17.1. The fourth-order valence-corrected chi connectivity index (χ4v) is 3.57. The van der Waals surface area contributed by atoms with Crippen LogP contribution in [0.3, 0.4) is 0 Å². The van der Waals surface area contributed by atoms with E-state index in [4.69, 9.17) is 11.6 Å². The molecule has 0 radical (unpaired) electrons. The van der Waals surface area contributed by atoms with Crippen molar-refractivity contribution in [1.29, 1.82) is 0 Å². The predicted octanol–water partition coefficient (Wildman–Crippen LogP) is 5.18. The van der Waals surface area contributed by atoms with E-state index in [9.17, 15) is 4.39 Å².